The molecule has 1 fully saturated rings. The zero-order valence-electron chi connectivity index (χ0n) is 9.21. The first-order chi connectivity index (χ1) is 6.50. The van der Waals surface area contributed by atoms with Crippen molar-refractivity contribution in [1.29, 1.82) is 0 Å². The molecule has 1 saturated heterocycles. The predicted molar refractivity (Wildman–Crippen MR) is 66.7 cm³/mol. The highest BCUT2D eigenvalue weighted by atomic mass is 127. The first-order valence-corrected chi connectivity index (χ1v) is 6.51. The molecule has 0 aromatic heterocycles. The Morgan fingerprint density at radius 1 is 1.14 bits per heavy atom. The van der Waals surface area contributed by atoms with E-state index >= 15 is 0 Å². The van der Waals surface area contributed by atoms with Gasteiger partial charge in [-0.05, 0) is 20.8 Å². The molecule has 1 heterocycles. The van der Waals surface area contributed by atoms with Gasteiger partial charge in [-0.2, -0.15) is 0 Å². The smallest absolute Gasteiger partial charge is 0.125 e. The molecule has 2 nitrogen and oxygen atoms in total. The number of rotatable bonds is 2. The summed E-state index contributed by atoms with van der Waals surface area (Å²) < 4.78 is 14.0. The van der Waals surface area contributed by atoms with Crippen LogP contribution in [0.4, 0.5) is 4.39 Å². The quantitative estimate of drug-likeness (QED) is 0.438. The van der Waals surface area contributed by atoms with Gasteiger partial charge in [-0.15, -0.1) is 0 Å². The van der Waals surface area contributed by atoms with E-state index in [1.165, 1.54) is 0 Å². The van der Waals surface area contributed by atoms with Crippen molar-refractivity contribution in [2.75, 3.05) is 26.2 Å². The minimum Gasteiger partial charge on any atom is -0.297 e. The highest BCUT2D eigenvalue weighted by Crippen LogP contribution is 2.14. The van der Waals surface area contributed by atoms with Crippen molar-refractivity contribution in [3.8, 4) is 0 Å². The van der Waals surface area contributed by atoms with Crippen LogP contribution in [0, 0.1) is 0 Å². The monoisotopic (exact) mass is 314 g/mol. The maximum atomic E-state index is 13.6. The van der Waals surface area contributed by atoms with Crippen molar-refractivity contribution in [1.82, 2.24) is 9.80 Å². The van der Waals surface area contributed by atoms with Crippen LogP contribution in [0.5, 0.6) is 0 Å². The van der Waals surface area contributed by atoms with Crippen LogP contribution in [0.3, 0.4) is 0 Å². The fraction of sp³-hybridized carbons (Fsp3) is 1.00. The van der Waals surface area contributed by atoms with Crippen LogP contribution in [0.1, 0.15) is 20.8 Å². The lowest BCUT2D eigenvalue weighted by atomic mass is 10.3. The summed E-state index contributed by atoms with van der Waals surface area (Å²) in [7, 11) is 0. The van der Waals surface area contributed by atoms with E-state index in [1.54, 1.807) is 0 Å². The summed E-state index contributed by atoms with van der Waals surface area (Å²) in [5.74, 6) is 0. The van der Waals surface area contributed by atoms with Gasteiger partial charge in [0, 0.05) is 32.2 Å². The summed E-state index contributed by atoms with van der Waals surface area (Å²) in [6, 6.07) is 0.456. The van der Waals surface area contributed by atoms with Crippen molar-refractivity contribution in [2.24, 2.45) is 0 Å². The van der Waals surface area contributed by atoms with Crippen LogP contribution < -0.4 is 0 Å². The Kier molecular flexibility index (Phi) is 5.06. The third-order valence-corrected chi connectivity index (χ3v) is 3.56. The summed E-state index contributed by atoms with van der Waals surface area (Å²) in [5, 5.41) is 0. The second-order valence-corrected chi connectivity index (χ2v) is 6.06. The molecule has 1 rings (SSSR count). The van der Waals surface area contributed by atoms with Gasteiger partial charge in [0.05, 0.1) is 4.05 Å². The summed E-state index contributed by atoms with van der Waals surface area (Å²) in [6.45, 7) is 9.56. The number of hydrogen-bond donors (Lipinski definition) is 0. The van der Waals surface area contributed by atoms with Crippen molar-refractivity contribution in [2.45, 2.75) is 37.0 Å². The van der Waals surface area contributed by atoms with Crippen molar-refractivity contribution < 1.29 is 4.39 Å². The molecule has 0 saturated carbocycles. The largest absolute Gasteiger partial charge is 0.297 e. The van der Waals surface area contributed by atoms with E-state index in [-0.39, 0.29) is 0 Å². The van der Waals surface area contributed by atoms with E-state index in [2.05, 4.69) is 53.2 Å². The Morgan fingerprint density at radius 3 is 2.14 bits per heavy atom. The lowest BCUT2D eigenvalue weighted by Crippen LogP contribution is -2.36. The minimum atomic E-state index is -0.697. The van der Waals surface area contributed by atoms with Gasteiger partial charge in [-0.3, -0.25) is 9.80 Å². The van der Waals surface area contributed by atoms with E-state index in [9.17, 15) is 4.39 Å². The molecule has 0 bridgehead atoms. The first kappa shape index (κ1) is 12.6. The Balaban J connectivity index is 2.53. The van der Waals surface area contributed by atoms with Gasteiger partial charge in [0.2, 0.25) is 0 Å². The summed E-state index contributed by atoms with van der Waals surface area (Å²) in [4.78, 5) is 4.44. The van der Waals surface area contributed by atoms with Gasteiger partial charge in [0.15, 0.2) is 0 Å². The lowest BCUT2D eigenvalue weighted by molar-refractivity contribution is 0.178. The number of nitrogens with zero attached hydrogens (tertiary/aromatic N) is 2. The third kappa shape index (κ3) is 3.62. The molecule has 0 amide bonds. The fourth-order valence-electron chi connectivity index (χ4n) is 1.80. The number of halogens is 2. The van der Waals surface area contributed by atoms with Crippen LogP contribution in [0.15, 0.2) is 0 Å². The highest BCUT2D eigenvalue weighted by Gasteiger charge is 2.25. The molecule has 0 radical (unpaired) electrons. The van der Waals surface area contributed by atoms with Gasteiger partial charge >= 0.3 is 0 Å². The van der Waals surface area contributed by atoms with E-state index < -0.39 is 6.17 Å². The van der Waals surface area contributed by atoms with Crippen molar-refractivity contribution >= 4 is 22.6 Å². The zero-order valence-corrected chi connectivity index (χ0v) is 11.4. The molecule has 0 spiro atoms. The summed E-state index contributed by atoms with van der Waals surface area (Å²) >= 11 is 2.35. The van der Waals surface area contributed by atoms with E-state index in [4.69, 9.17) is 0 Å². The first-order valence-electron chi connectivity index (χ1n) is 5.27. The lowest BCUT2D eigenvalue weighted by Gasteiger charge is -2.25. The van der Waals surface area contributed by atoms with Crippen LogP contribution in [-0.4, -0.2) is 52.2 Å². The Hall–Kier alpha value is 0.580. The molecule has 0 aliphatic carbocycles. The van der Waals surface area contributed by atoms with E-state index in [0.29, 0.717) is 23.2 Å². The highest BCUT2D eigenvalue weighted by molar-refractivity contribution is 14.1. The molecule has 0 aromatic rings. The Morgan fingerprint density at radius 2 is 1.64 bits per heavy atom. The second kappa shape index (κ2) is 5.61. The van der Waals surface area contributed by atoms with Gasteiger partial charge < -0.3 is 0 Å². The van der Waals surface area contributed by atoms with Crippen LogP contribution in [-0.2, 0) is 0 Å². The maximum absolute atomic E-state index is 13.6. The SMILES string of the molecule is CC(C)N1CCN(C(C)I)CC(F)C1. The molecule has 1 aliphatic heterocycles. The fourth-order valence-corrected chi connectivity index (χ4v) is 2.30. The summed E-state index contributed by atoms with van der Waals surface area (Å²) in [5.41, 5.74) is 0. The third-order valence-electron chi connectivity index (χ3n) is 2.77. The molecule has 84 valence electrons. The molecule has 4 heteroatoms. The maximum Gasteiger partial charge on any atom is 0.125 e. The molecular formula is C10H20FIN2. The van der Waals surface area contributed by atoms with Gasteiger partial charge in [-0.25, -0.2) is 4.39 Å². The number of alkyl halides is 2. The standard InChI is InChI=1S/C10H20FIN2/c1-8(2)13-4-5-14(9(3)12)7-10(11)6-13/h8-10H,4-7H2,1-3H3. The molecule has 0 N–H and O–H groups in total. The molecule has 2 unspecified atom stereocenters. The van der Waals surface area contributed by atoms with Crippen LogP contribution in [0.2, 0.25) is 0 Å². The molecule has 2 atom stereocenters. The van der Waals surface area contributed by atoms with E-state index in [0.717, 1.165) is 13.1 Å². The summed E-state index contributed by atoms with van der Waals surface area (Å²) in [6.07, 6.45) is -0.697. The van der Waals surface area contributed by atoms with Crippen molar-refractivity contribution in [3.63, 3.8) is 0 Å². The van der Waals surface area contributed by atoms with Gasteiger partial charge in [-0.1, -0.05) is 22.6 Å². The van der Waals surface area contributed by atoms with Gasteiger partial charge in [0.1, 0.15) is 6.17 Å². The predicted octanol–water partition coefficient (Wildman–Crippen LogP) is 2.13. The van der Waals surface area contributed by atoms with Crippen LogP contribution >= 0.6 is 22.6 Å². The minimum absolute atomic E-state index is 0.429. The van der Waals surface area contributed by atoms with Gasteiger partial charge in [0.25, 0.3) is 0 Å². The van der Waals surface area contributed by atoms with Crippen LogP contribution in [0.25, 0.3) is 0 Å². The van der Waals surface area contributed by atoms with E-state index in [1.807, 2.05) is 0 Å². The average molecular weight is 314 g/mol. The number of hydrogen-bond acceptors (Lipinski definition) is 2. The molecular weight excluding hydrogens is 294 g/mol. The average Bonchev–Trinajstić information content (AvgIpc) is 2.26. The molecule has 1 aliphatic rings. The van der Waals surface area contributed by atoms with Crippen molar-refractivity contribution in [3.05, 3.63) is 0 Å². The molecule has 0 aromatic carbocycles. The Bertz CT molecular complexity index is 158. The zero-order chi connectivity index (χ0) is 10.7. The topological polar surface area (TPSA) is 6.48 Å². The Labute approximate surface area is 100.0 Å². The second-order valence-electron chi connectivity index (χ2n) is 4.25. The normalized spacial score (nSPS) is 29.1. The molecule has 14 heavy (non-hydrogen) atoms.